The van der Waals surface area contributed by atoms with Crippen molar-refractivity contribution in [2.45, 2.75) is 121 Å². The molecule has 2 aliphatic heterocycles. The summed E-state index contributed by atoms with van der Waals surface area (Å²) >= 11 is 0. The molecule has 6 rings (SSSR count). The molecule has 0 spiro atoms. The standard InChI is InChI=1S/C32H43N3O4/c1-2-39-30(37)15-14-29(36)31-32(38)35(28-13-6-5-12-27(28)33-31)26-19-23-10-7-11-24(20-26)34(23)25-17-21-8-3-4-9-22(16-21)18-25/h5-6,12-13,21-26H,2-4,7-11,14-20H2,1H3/t21-,22-,23-,24-/m1/s1. The van der Waals surface area contributed by atoms with Crippen LogP contribution in [0.4, 0.5) is 0 Å². The molecule has 210 valence electrons. The minimum absolute atomic E-state index is 0.0352. The Morgan fingerprint density at radius 1 is 0.846 bits per heavy atom. The van der Waals surface area contributed by atoms with Crippen LogP contribution in [0.1, 0.15) is 113 Å². The van der Waals surface area contributed by atoms with Gasteiger partial charge < -0.3 is 9.30 Å². The van der Waals surface area contributed by atoms with Gasteiger partial charge in [0.15, 0.2) is 11.5 Å². The van der Waals surface area contributed by atoms with Gasteiger partial charge in [-0.1, -0.05) is 44.2 Å². The van der Waals surface area contributed by atoms with Crippen molar-refractivity contribution in [2.75, 3.05) is 6.61 Å². The van der Waals surface area contributed by atoms with Gasteiger partial charge in [-0.25, -0.2) is 4.98 Å². The number of carbonyl (C=O) groups excluding carboxylic acids is 2. The van der Waals surface area contributed by atoms with Crippen molar-refractivity contribution in [3.05, 3.63) is 40.3 Å². The number of esters is 1. The van der Waals surface area contributed by atoms with E-state index in [1.807, 2.05) is 28.8 Å². The fourth-order valence-corrected chi connectivity index (χ4v) is 8.57. The van der Waals surface area contributed by atoms with Crippen molar-refractivity contribution in [1.82, 2.24) is 14.5 Å². The molecule has 4 bridgehead atoms. The van der Waals surface area contributed by atoms with Gasteiger partial charge in [0, 0.05) is 30.6 Å². The van der Waals surface area contributed by atoms with Crippen LogP contribution in [0.2, 0.25) is 0 Å². The molecule has 0 N–H and O–H groups in total. The molecule has 4 atom stereocenters. The van der Waals surface area contributed by atoms with E-state index < -0.39 is 5.97 Å². The lowest BCUT2D eigenvalue weighted by atomic mass is 9.73. The summed E-state index contributed by atoms with van der Waals surface area (Å²) < 4.78 is 6.87. The number of ether oxygens (including phenoxy) is 1. The second-order valence-electron chi connectivity index (χ2n) is 12.5. The molecular formula is C32H43N3O4. The van der Waals surface area contributed by atoms with Crippen molar-refractivity contribution in [2.24, 2.45) is 11.8 Å². The van der Waals surface area contributed by atoms with E-state index in [1.165, 1.54) is 64.2 Å². The Hall–Kier alpha value is -2.54. The summed E-state index contributed by atoms with van der Waals surface area (Å²) in [6, 6.07) is 9.42. The van der Waals surface area contributed by atoms with Crippen LogP contribution in [-0.2, 0) is 9.53 Å². The first kappa shape index (κ1) is 26.7. The van der Waals surface area contributed by atoms with Gasteiger partial charge in [-0.2, -0.15) is 0 Å². The highest BCUT2D eigenvalue weighted by Gasteiger charge is 2.45. The number of Topliss-reactive ketones (excluding diaryl/α,β-unsaturated/α-hetero) is 1. The van der Waals surface area contributed by atoms with Crippen molar-refractivity contribution in [3.63, 3.8) is 0 Å². The number of benzene rings is 1. The smallest absolute Gasteiger partial charge is 0.306 e. The molecule has 0 unspecified atom stereocenters. The molecule has 3 heterocycles. The quantitative estimate of drug-likeness (QED) is 0.329. The van der Waals surface area contributed by atoms with Gasteiger partial charge in [0.2, 0.25) is 0 Å². The number of hydrogen-bond donors (Lipinski definition) is 0. The molecule has 4 fully saturated rings. The van der Waals surface area contributed by atoms with Gasteiger partial charge >= 0.3 is 5.97 Å². The van der Waals surface area contributed by atoms with Crippen LogP contribution in [0.3, 0.4) is 0 Å². The third-order valence-electron chi connectivity index (χ3n) is 10.1. The monoisotopic (exact) mass is 533 g/mol. The van der Waals surface area contributed by atoms with Crippen LogP contribution in [0.5, 0.6) is 0 Å². The predicted octanol–water partition coefficient (Wildman–Crippen LogP) is 5.84. The lowest BCUT2D eigenvalue weighted by Crippen LogP contribution is -2.58. The van der Waals surface area contributed by atoms with Gasteiger partial charge in [0.05, 0.1) is 24.1 Å². The molecule has 1 aromatic heterocycles. The Kier molecular flexibility index (Phi) is 7.88. The minimum Gasteiger partial charge on any atom is -0.466 e. The lowest BCUT2D eigenvalue weighted by molar-refractivity contribution is -0.143. The highest BCUT2D eigenvalue weighted by atomic mass is 16.5. The molecule has 39 heavy (non-hydrogen) atoms. The van der Waals surface area contributed by atoms with Crippen LogP contribution in [0.25, 0.3) is 11.0 Å². The Bertz CT molecular complexity index is 1240. The summed E-state index contributed by atoms with van der Waals surface area (Å²) in [5.74, 6) is 0.985. The number of ketones is 1. The van der Waals surface area contributed by atoms with Crippen LogP contribution in [-0.4, -0.2) is 50.9 Å². The van der Waals surface area contributed by atoms with E-state index in [0.29, 0.717) is 23.6 Å². The van der Waals surface area contributed by atoms with E-state index in [-0.39, 0.29) is 42.5 Å². The SMILES string of the molecule is CCOC(=O)CCC(=O)c1nc2ccccc2n(C2C[C@H]3CCC[C@H](C2)N3C2C[C@@H]3CCCC[C@@H](C2)C3)c1=O. The molecule has 7 heteroatoms. The molecule has 2 aliphatic carbocycles. The van der Waals surface area contributed by atoms with E-state index in [0.717, 1.165) is 30.2 Å². The second-order valence-corrected chi connectivity index (χ2v) is 12.5. The van der Waals surface area contributed by atoms with E-state index in [2.05, 4.69) is 9.88 Å². The van der Waals surface area contributed by atoms with Gasteiger partial charge in [-0.3, -0.25) is 19.3 Å². The minimum atomic E-state index is -0.422. The number of piperidine rings is 2. The number of rotatable bonds is 7. The summed E-state index contributed by atoms with van der Waals surface area (Å²) in [4.78, 5) is 46.3. The molecule has 1 aromatic carbocycles. The zero-order chi connectivity index (χ0) is 26.9. The molecule has 4 aliphatic rings. The number of carbonyl (C=O) groups is 2. The zero-order valence-corrected chi connectivity index (χ0v) is 23.4. The van der Waals surface area contributed by atoms with Crippen LogP contribution in [0.15, 0.2) is 29.1 Å². The number of aromatic nitrogens is 2. The van der Waals surface area contributed by atoms with Gasteiger partial charge in [0.25, 0.3) is 5.56 Å². The lowest BCUT2D eigenvalue weighted by Gasteiger charge is -2.54. The summed E-state index contributed by atoms with van der Waals surface area (Å²) in [6.45, 7) is 2.02. The van der Waals surface area contributed by atoms with Gasteiger partial charge in [-0.05, 0) is 75.8 Å². The first-order valence-corrected chi connectivity index (χ1v) is 15.5. The maximum atomic E-state index is 13.9. The number of nitrogens with zero attached hydrogens (tertiary/aromatic N) is 3. The summed E-state index contributed by atoms with van der Waals surface area (Å²) in [5, 5.41) is 0. The summed E-state index contributed by atoms with van der Waals surface area (Å²) in [7, 11) is 0. The first-order chi connectivity index (χ1) is 19.0. The fourth-order valence-electron chi connectivity index (χ4n) is 8.57. The normalized spacial score (nSPS) is 31.0. The van der Waals surface area contributed by atoms with Crippen molar-refractivity contribution >= 4 is 22.8 Å². The van der Waals surface area contributed by atoms with Crippen molar-refractivity contribution in [1.29, 1.82) is 0 Å². The Labute approximate surface area is 231 Å². The number of fused-ring (bicyclic) bond motifs is 5. The average molecular weight is 534 g/mol. The van der Waals surface area contributed by atoms with Crippen molar-refractivity contribution in [3.8, 4) is 0 Å². The Balaban J connectivity index is 1.28. The molecule has 0 radical (unpaired) electrons. The fraction of sp³-hybridized carbons (Fsp3) is 0.688. The topological polar surface area (TPSA) is 81.5 Å². The molecular weight excluding hydrogens is 490 g/mol. The maximum absolute atomic E-state index is 13.9. The van der Waals surface area contributed by atoms with E-state index in [1.54, 1.807) is 6.92 Å². The first-order valence-electron chi connectivity index (χ1n) is 15.5. The second kappa shape index (κ2) is 11.5. The van der Waals surface area contributed by atoms with Crippen molar-refractivity contribution < 1.29 is 14.3 Å². The third kappa shape index (κ3) is 5.44. The Morgan fingerprint density at radius 3 is 2.23 bits per heavy atom. The van der Waals surface area contributed by atoms with Gasteiger partial charge in [0.1, 0.15) is 0 Å². The molecule has 7 nitrogen and oxygen atoms in total. The van der Waals surface area contributed by atoms with E-state index in [9.17, 15) is 14.4 Å². The van der Waals surface area contributed by atoms with E-state index in [4.69, 9.17) is 4.74 Å². The number of hydrogen-bond acceptors (Lipinski definition) is 6. The summed E-state index contributed by atoms with van der Waals surface area (Å²) in [6.07, 6.45) is 15.2. The molecule has 0 amide bonds. The maximum Gasteiger partial charge on any atom is 0.306 e. The third-order valence-corrected chi connectivity index (χ3v) is 10.1. The molecule has 2 saturated carbocycles. The summed E-state index contributed by atoms with van der Waals surface area (Å²) in [5.41, 5.74) is 1.13. The molecule has 2 saturated heterocycles. The van der Waals surface area contributed by atoms with Crippen LogP contribution in [0, 0.1) is 11.8 Å². The Morgan fingerprint density at radius 2 is 1.54 bits per heavy atom. The zero-order valence-electron chi connectivity index (χ0n) is 23.4. The van der Waals surface area contributed by atoms with Gasteiger partial charge in [-0.15, -0.1) is 0 Å². The largest absolute Gasteiger partial charge is 0.466 e. The molecule has 2 aromatic rings. The average Bonchev–Trinajstić information content (AvgIpc) is 3.10. The van der Waals surface area contributed by atoms with Crippen LogP contribution < -0.4 is 5.56 Å². The highest BCUT2D eigenvalue weighted by Crippen LogP contribution is 2.47. The number of para-hydroxylation sites is 2. The highest BCUT2D eigenvalue weighted by molar-refractivity contribution is 5.97. The predicted molar refractivity (Wildman–Crippen MR) is 151 cm³/mol. The van der Waals surface area contributed by atoms with E-state index >= 15 is 0 Å². The van der Waals surface area contributed by atoms with Crippen LogP contribution >= 0.6 is 0 Å².